The van der Waals surface area contributed by atoms with Gasteiger partial charge in [0.1, 0.15) is 5.67 Å². The highest BCUT2D eigenvalue weighted by Gasteiger charge is 1.74. The van der Waals surface area contributed by atoms with Gasteiger partial charge in [0.05, 0.1) is 0 Å². The van der Waals surface area contributed by atoms with Gasteiger partial charge in [-0.25, -0.2) is 4.21 Å². The standard InChI is InChI=1S/CH2ClNO2S/c2-1-3-6(4)5/h1H,(H,4,5). The molecule has 0 aliphatic carbocycles. The summed E-state index contributed by atoms with van der Waals surface area (Å²) in [6, 6.07) is 0. The molecule has 6 heavy (non-hydrogen) atoms. The number of rotatable bonds is 1. The maximum Gasteiger partial charge on any atom is 0.282 e. The van der Waals surface area contributed by atoms with Gasteiger partial charge in [0.25, 0.3) is 11.3 Å². The molecule has 0 aliphatic rings. The van der Waals surface area contributed by atoms with Crippen LogP contribution in [0, 0.1) is 0 Å². The van der Waals surface area contributed by atoms with Crippen LogP contribution >= 0.6 is 11.6 Å². The first-order valence-electron chi connectivity index (χ1n) is 1.01. The highest BCUT2D eigenvalue weighted by Crippen LogP contribution is 1.71. The van der Waals surface area contributed by atoms with Crippen LogP contribution in [0.2, 0.25) is 0 Å². The molecular weight excluding hydrogens is 126 g/mol. The molecule has 0 saturated carbocycles. The lowest BCUT2D eigenvalue weighted by Crippen LogP contribution is -1.74. The number of nitrogens with zero attached hydrogens (tertiary/aromatic N) is 1. The third-order valence-electron chi connectivity index (χ3n) is 0.130. The topological polar surface area (TPSA) is 49.7 Å². The third kappa shape index (κ3) is 4.07. The lowest BCUT2D eigenvalue weighted by Gasteiger charge is -1.68. The van der Waals surface area contributed by atoms with E-state index in [0.717, 1.165) is 5.67 Å². The van der Waals surface area contributed by atoms with Crippen LogP contribution in [0.3, 0.4) is 0 Å². The molecule has 0 heterocycles. The van der Waals surface area contributed by atoms with Gasteiger partial charge in [-0.2, -0.15) is 4.40 Å². The average Bonchev–Trinajstić information content (AvgIpc) is 1.35. The van der Waals surface area contributed by atoms with Gasteiger partial charge in [-0.05, 0) is 0 Å². The first-order chi connectivity index (χ1) is 2.77. The minimum absolute atomic E-state index is 0.746. The summed E-state index contributed by atoms with van der Waals surface area (Å²) in [6.07, 6.45) is 0. The zero-order chi connectivity index (χ0) is 4.99. The summed E-state index contributed by atoms with van der Waals surface area (Å²) < 4.78 is 20.0. The lowest BCUT2D eigenvalue weighted by molar-refractivity contribution is 0.567. The fourth-order valence-corrected chi connectivity index (χ4v) is 0.307. The first kappa shape index (κ1) is 6.07. The van der Waals surface area contributed by atoms with Crippen molar-refractivity contribution >= 4 is 28.5 Å². The van der Waals surface area contributed by atoms with Gasteiger partial charge in [-0.1, -0.05) is 11.6 Å². The second-order valence-electron chi connectivity index (χ2n) is 0.434. The van der Waals surface area contributed by atoms with Crippen LogP contribution in [0.5, 0.6) is 0 Å². The summed E-state index contributed by atoms with van der Waals surface area (Å²) in [5, 5.41) is 0. The van der Waals surface area contributed by atoms with Gasteiger partial charge < -0.3 is 0 Å². The van der Waals surface area contributed by atoms with E-state index >= 15 is 0 Å². The normalized spacial score (nSPS) is 15.7. The van der Waals surface area contributed by atoms with Crippen LogP contribution in [0.15, 0.2) is 4.40 Å². The van der Waals surface area contributed by atoms with E-state index in [1.54, 1.807) is 0 Å². The predicted octanol–water partition coefficient (Wildman–Crippen LogP) is 0.390. The second kappa shape index (κ2) is 3.27. The largest absolute Gasteiger partial charge is 0.288 e. The number of hydrogen-bond acceptors (Lipinski definition) is 1. The van der Waals surface area contributed by atoms with Crippen molar-refractivity contribution in [3.05, 3.63) is 0 Å². The van der Waals surface area contributed by atoms with E-state index in [0.29, 0.717) is 0 Å². The van der Waals surface area contributed by atoms with Crippen molar-refractivity contribution in [2.24, 2.45) is 4.40 Å². The molecule has 0 radical (unpaired) electrons. The average molecular weight is 128 g/mol. The minimum Gasteiger partial charge on any atom is -0.288 e. The lowest BCUT2D eigenvalue weighted by atomic mass is 11.7. The Bertz CT molecular complexity index is 81.6. The van der Waals surface area contributed by atoms with Crippen molar-refractivity contribution in [1.29, 1.82) is 0 Å². The molecule has 0 bridgehead atoms. The molecule has 1 N–H and O–H groups in total. The maximum atomic E-state index is 9.43. The first-order valence-corrected chi connectivity index (χ1v) is 2.51. The second-order valence-corrected chi connectivity index (χ2v) is 1.30. The molecule has 0 aliphatic heterocycles. The Kier molecular flexibility index (Phi) is 3.31. The zero-order valence-corrected chi connectivity index (χ0v) is 4.24. The highest BCUT2D eigenvalue weighted by molar-refractivity contribution is 7.78. The number of hydrogen-bond donors (Lipinski definition) is 1. The fourth-order valence-electron chi connectivity index (χ4n) is 0.0341. The Labute approximate surface area is 42.5 Å². The van der Waals surface area contributed by atoms with Crippen molar-refractivity contribution < 1.29 is 8.76 Å². The molecule has 1 unspecified atom stereocenters. The maximum absolute atomic E-state index is 9.43. The van der Waals surface area contributed by atoms with E-state index in [9.17, 15) is 4.21 Å². The summed E-state index contributed by atoms with van der Waals surface area (Å²) in [4.78, 5) is 0. The summed E-state index contributed by atoms with van der Waals surface area (Å²) in [6.45, 7) is 0. The molecule has 0 saturated heterocycles. The van der Waals surface area contributed by atoms with Crippen molar-refractivity contribution in [3.63, 3.8) is 0 Å². The van der Waals surface area contributed by atoms with Crippen LogP contribution in [-0.4, -0.2) is 14.4 Å². The molecule has 0 aromatic carbocycles. The predicted molar refractivity (Wildman–Crippen MR) is 25.1 cm³/mol. The third-order valence-corrected chi connectivity index (χ3v) is 0.629. The van der Waals surface area contributed by atoms with E-state index in [-0.39, 0.29) is 0 Å². The van der Waals surface area contributed by atoms with Crippen LogP contribution in [0.25, 0.3) is 0 Å². The smallest absolute Gasteiger partial charge is 0.282 e. The molecule has 0 rings (SSSR count). The van der Waals surface area contributed by atoms with E-state index < -0.39 is 11.3 Å². The molecular formula is CH2ClNO2S. The van der Waals surface area contributed by atoms with E-state index in [2.05, 4.69) is 4.40 Å². The highest BCUT2D eigenvalue weighted by atomic mass is 35.5. The molecule has 36 valence electrons. The van der Waals surface area contributed by atoms with Crippen LogP contribution in [0.1, 0.15) is 0 Å². The monoisotopic (exact) mass is 127 g/mol. The fraction of sp³-hybridized carbons (Fsp3) is 0. The van der Waals surface area contributed by atoms with Gasteiger partial charge in [0.2, 0.25) is 0 Å². The minimum atomic E-state index is -2.13. The van der Waals surface area contributed by atoms with Crippen LogP contribution in [0.4, 0.5) is 0 Å². The Hall–Kier alpha value is 0.0700. The van der Waals surface area contributed by atoms with Gasteiger partial charge >= 0.3 is 0 Å². The molecule has 0 spiro atoms. The molecule has 0 amide bonds. The van der Waals surface area contributed by atoms with Gasteiger partial charge in [0, 0.05) is 0 Å². The van der Waals surface area contributed by atoms with Crippen molar-refractivity contribution in [1.82, 2.24) is 0 Å². The van der Waals surface area contributed by atoms with Gasteiger partial charge in [0.15, 0.2) is 0 Å². The summed E-state index contributed by atoms with van der Waals surface area (Å²) >= 11 is 2.62. The van der Waals surface area contributed by atoms with Crippen molar-refractivity contribution in [2.75, 3.05) is 0 Å². The summed E-state index contributed by atoms with van der Waals surface area (Å²) in [5.41, 5.74) is 0.746. The molecule has 0 fully saturated rings. The number of halogens is 1. The molecule has 5 heteroatoms. The molecule has 0 aromatic heterocycles. The van der Waals surface area contributed by atoms with Crippen molar-refractivity contribution in [2.45, 2.75) is 0 Å². The molecule has 1 atom stereocenters. The van der Waals surface area contributed by atoms with Gasteiger partial charge in [-0.15, -0.1) is 0 Å². The Balaban J connectivity index is 3.30. The van der Waals surface area contributed by atoms with Crippen molar-refractivity contribution in [3.8, 4) is 0 Å². The molecule has 3 nitrogen and oxygen atoms in total. The summed E-state index contributed by atoms with van der Waals surface area (Å²) in [7, 11) is 0. The molecule has 0 aromatic rings. The van der Waals surface area contributed by atoms with Crippen LogP contribution in [-0.2, 0) is 11.3 Å². The zero-order valence-electron chi connectivity index (χ0n) is 2.67. The Morgan fingerprint density at radius 3 is 2.50 bits per heavy atom. The van der Waals surface area contributed by atoms with Crippen LogP contribution < -0.4 is 0 Å². The van der Waals surface area contributed by atoms with E-state index in [1.165, 1.54) is 0 Å². The SMILES string of the molecule is O=S(O)N=CCl. The van der Waals surface area contributed by atoms with Gasteiger partial charge in [-0.3, -0.25) is 4.55 Å². The Morgan fingerprint density at radius 1 is 2.00 bits per heavy atom. The summed E-state index contributed by atoms with van der Waals surface area (Å²) in [5.74, 6) is 0. The van der Waals surface area contributed by atoms with E-state index in [4.69, 9.17) is 16.2 Å². The quantitative estimate of drug-likeness (QED) is 0.409. The Morgan fingerprint density at radius 2 is 2.50 bits per heavy atom. The van der Waals surface area contributed by atoms with E-state index in [1.807, 2.05) is 0 Å².